The second-order valence-electron chi connectivity index (χ2n) is 5.21. The summed E-state index contributed by atoms with van der Waals surface area (Å²) < 4.78 is 5.41. The van der Waals surface area contributed by atoms with E-state index in [9.17, 15) is 9.59 Å². The Morgan fingerprint density at radius 1 is 1.26 bits per heavy atom. The number of ether oxygens (including phenoxy) is 1. The van der Waals surface area contributed by atoms with Gasteiger partial charge < -0.3 is 14.5 Å². The maximum absolute atomic E-state index is 12.1. The number of piperazine rings is 1. The van der Waals surface area contributed by atoms with Crippen molar-refractivity contribution in [2.75, 3.05) is 38.7 Å². The second-order valence-corrected chi connectivity index (χ2v) is 5.52. The molecule has 0 aliphatic carbocycles. The minimum absolute atomic E-state index is 0.0787. The van der Waals surface area contributed by atoms with Gasteiger partial charge in [-0.3, -0.25) is 9.59 Å². The Bertz CT molecular complexity index is 337. The summed E-state index contributed by atoms with van der Waals surface area (Å²) in [6.45, 7) is 4.90. The molecule has 0 aromatic heterocycles. The van der Waals surface area contributed by atoms with E-state index in [1.807, 2.05) is 11.8 Å². The van der Waals surface area contributed by atoms with Gasteiger partial charge in [0.25, 0.3) is 5.91 Å². The van der Waals surface area contributed by atoms with Crippen molar-refractivity contribution in [2.45, 2.75) is 25.9 Å². The lowest BCUT2D eigenvalue weighted by Crippen LogP contribution is -2.53. The monoisotopic (exact) mass is 288 g/mol. The van der Waals surface area contributed by atoms with Crippen LogP contribution in [0.25, 0.3) is 0 Å². The molecule has 0 bridgehead atoms. The summed E-state index contributed by atoms with van der Waals surface area (Å²) in [5.74, 6) is 0.352. The highest BCUT2D eigenvalue weighted by Crippen LogP contribution is 2.16. The topological polar surface area (TPSA) is 49.9 Å². The fraction of sp³-hybridized carbons (Fsp3) is 0.846. The minimum atomic E-state index is -0.260. The molecule has 2 aliphatic heterocycles. The average molecular weight is 289 g/mol. The van der Waals surface area contributed by atoms with E-state index in [2.05, 4.69) is 0 Å². The highest BCUT2D eigenvalue weighted by atomic mass is 35.5. The molecule has 0 aromatic carbocycles. The van der Waals surface area contributed by atoms with E-state index in [0.29, 0.717) is 38.7 Å². The van der Waals surface area contributed by atoms with Crippen LogP contribution in [-0.2, 0) is 14.3 Å². The first-order valence-corrected chi connectivity index (χ1v) is 7.42. The summed E-state index contributed by atoms with van der Waals surface area (Å²) in [5.41, 5.74) is 0. The molecule has 2 fully saturated rings. The number of hydrogen-bond donors (Lipinski definition) is 0. The zero-order chi connectivity index (χ0) is 13.8. The first-order chi connectivity index (χ1) is 9.13. The van der Waals surface area contributed by atoms with Crippen LogP contribution in [0, 0.1) is 5.92 Å². The van der Waals surface area contributed by atoms with Gasteiger partial charge in [-0.1, -0.05) is 6.92 Å². The van der Waals surface area contributed by atoms with Gasteiger partial charge in [0.15, 0.2) is 0 Å². The first kappa shape index (κ1) is 14.6. The van der Waals surface area contributed by atoms with E-state index < -0.39 is 0 Å². The lowest BCUT2D eigenvalue weighted by atomic mass is 10.1. The maximum atomic E-state index is 12.1. The van der Waals surface area contributed by atoms with E-state index in [0.717, 1.165) is 12.8 Å². The molecule has 0 aromatic rings. The Balaban J connectivity index is 1.81. The molecule has 2 aliphatic rings. The number of amides is 2. The molecule has 108 valence electrons. The Morgan fingerprint density at radius 3 is 2.42 bits per heavy atom. The van der Waals surface area contributed by atoms with Crippen LogP contribution in [0.1, 0.15) is 19.8 Å². The number of rotatable bonds is 3. The third kappa shape index (κ3) is 3.39. The molecule has 0 saturated carbocycles. The molecule has 2 rings (SSSR count). The van der Waals surface area contributed by atoms with E-state index >= 15 is 0 Å². The molecule has 0 radical (unpaired) electrons. The van der Waals surface area contributed by atoms with Crippen molar-refractivity contribution in [1.82, 2.24) is 9.80 Å². The maximum Gasteiger partial charge on any atom is 0.251 e. The van der Waals surface area contributed by atoms with E-state index in [4.69, 9.17) is 16.3 Å². The summed E-state index contributed by atoms with van der Waals surface area (Å²) >= 11 is 5.70. The highest BCUT2D eigenvalue weighted by molar-refractivity contribution is 6.19. The third-order valence-corrected chi connectivity index (χ3v) is 4.22. The lowest BCUT2D eigenvalue weighted by molar-refractivity contribution is -0.146. The fourth-order valence-corrected chi connectivity index (χ4v) is 2.63. The van der Waals surface area contributed by atoms with Gasteiger partial charge in [-0.05, 0) is 12.8 Å². The van der Waals surface area contributed by atoms with E-state index in [1.54, 1.807) is 4.90 Å². The number of halogens is 1. The Kier molecular flexibility index (Phi) is 5.05. The standard InChI is InChI=1S/C13H21ClN2O3/c1-10(9-14)12(17)15-4-6-16(7-5-15)13(18)11-3-2-8-19-11/h10-11H,2-9H2,1H3. The predicted molar refractivity (Wildman–Crippen MR) is 72.0 cm³/mol. The van der Waals surface area contributed by atoms with Crippen LogP contribution in [0.5, 0.6) is 0 Å². The van der Waals surface area contributed by atoms with Crippen LogP contribution in [0.3, 0.4) is 0 Å². The van der Waals surface area contributed by atoms with E-state index in [-0.39, 0.29) is 23.8 Å². The quantitative estimate of drug-likeness (QED) is 0.719. The number of nitrogens with zero attached hydrogens (tertiary/aromatic N) is 2. The van der Waals surface area contributed by atoms with Crippen molar-refractivity contribution in [3.05, 3.63) is 0 Å². The molecule has 0 N–H and O–H groups in total. The molecule has 0 spiro atoms. The van der Waals surface area contributed by atoms with Gasteiger partial charge in [0, 0.05) is 44.6 Å². The molecule has 19 heavy (non-hydrogen) atoms. The van der Waals surface area contributed by atoms with Crippen molar-refractivity contribution in [1.29, 1.82) is 0 Å². The third-order valence-electron chi connectivity index (χ3n) is 3.76. The molecule has 5 nitrogen and oxygen atoms in total. The van der Waals surface area contributed by atoms with Gasteiger partial charge in [-0.15, -0.1) is 11.6 Å². The van der Waals surface area contributed by atoms with Crippen molar-refractivity contribution < 1.29 is 14.3 Å². The number of carbonyl (C=O) groups excluding carboxylic acids is 2. The molecule has 2 unspecified atom stereocenters. The van der Waals surface area contributed by atoms with Gasteiger partial charge in [0.1, 0.15) is 6.10 Å². The second kappa shape index (κ2) is 6.57. The number of hydrogen-bond acceptors (Lipinski definition) is 3. The minimum Gasteiger partial charge on any atom is -0.368 e. The molecule has 2 saturated heterocycles. The first-order valence-electron chi connectivity index (χ1n) is 6.88. The summed E-state index contributed by atoms with van der Waals surface area (Å²) in [7, 11) is 0. The molecule has 2 atom stereocenters. The summed E-state index contributed by atoms with van der Waals surface area (Å²) in [6, 6.07) is 0. The molecule has 2 amide bonds. The molecular formula is C13H21ClN2O3. The smallest absolute Gasteiger partial charge is 0.251 e. The molecule has 2 heterocycles. The van der Waals surface area contributed by atoms with Crippen LogP contribution < -0.4 is 0 Å². The van der Waals surface area contributed by atoms with Crippen LogP contribution in [0.2, 0.25) is 0 Å². The largest absolute Gasteiger partial charge is 0.368 e. The van der Waals surface area contributed by atoms with Crippen molar-refractivity contribution in [3.63, 3.8) is 0 Å². The summed E-state index contributed by atoms with van der Waals surface area (Å²) in [4.78, 5) is 27.7. The lowest BCUT2D eigenvalue weighted by Gasteiger charge is -2.36. The van der Waals surface area contributed by atoms with Crippen molar-refractivity contribution >= 4 is 23.4 Å². The van der Waals surface area contributed by atoms with Gasteiger partial charge in [0.05, 0.1) is 0 Å². The number of alkyl halides is 1. The van der Waals surface area contributed by atoms with Crippen LogP contribution >= 0.6 is 11.6 Å². The predicted octanol–water partition coefficient (Wildman–Crippen LogP) is 0.711. The molecular weight excluding hydrogens is 268 g/mol. The van der Waals surface area contributed by atoms with Crippen LogP contribution in [0.15, 0.2) is 0 Å². The van der Waals surface area contributed by atoms with E-state index in [1.165, 1.54) is 0 Å². The summed E-state index contributed by atoms with van der Waals surface area (Å²) in [6.07, 6.45) is 1.52. The van der Waals surface area contributed by atoms with Crippen molar-refractivity contribution in [2.24, 2.45) is 5.92 Å². The number of carbonyl (C=O) groups is 2. The van der Waals surface area contributed by atoms with Gasteiger partial charge in [0.2, 0.25) is 5.91 Å². The zero-order valence-electron chi connectivity index (χ0n) is 11.3. The molecule has 6 heteroatoms. The fourth-order valence-electron chi connectivity index (χ4n) is 2.50. The SMILES string of the molecule is CC(CCl)C(=O)N1CCN(C(=O)C2CCCO2)CC1. The average Bonchev–Trinajstić information content (AvgIpc) is 2.99. The van der Waals surface area contributed by atoms with Crippen molar-refractivity contribution in [3.8, 4) is 0 Å². The Hall–Kier alpha value is -0.810. The Labute approximate surface area is 118 Å². The van der Waals surface area contributed by atoms with Gasteiger partial charge >= 0.3 is 0 Å². The van der Waals surface area contributed by atoms with Gasteiger partial charge in [-0.25, -0.2) is 0 Å². The zero-order valence-corrected chi connectivity index (χ0v) is 12.1. The highest BCUT2D eigenvalue weighted by Gasteiger charge is 2.31. The van der Waals surface area contributed by atoms with Crippen LogP contribution in [-0.4, -0.2) is 66.4 Å². The van der Waals surface area contributed by atoms with Gasteiger partial charge in [-0.2, -0.15) is 0 Å². The van der Waals surface area contributed by atoms with Crippen LogP contribution in [0.4, 0.5) is 0 Å². The normalized spacial score (nSPS) is 25.5. The Morgan fingerprint density at radius 2 is 1.89 bits per heavy atom. The summed E-state index contributed by atoms with van der Waals surface area (Å²) in [5, 5.41) is 0.